The zero-order valence-electron chi connectivity index (χ0n) is 7.27. The molecule has 0 bridgehead atoms. The number of hydrogen-bond donors (Lipinski definition) is 1. The molecule has 1 N–H and O–H groups in total. The molecule has 0 aliphatic carbocycles. The van der Waals surface area contributed by atoms with Gasteiger partial charge in [-0.1, -0.05) is 12.2 Å². The standard InChI is InChI=1S/C8H11NO2S2/c1-6-5-13-7(4-12)9(6)3-2-8(10)11/h4-5,7H,2-3H2,1H3,(H,10,11). The first kappa shape index (κ1) is 10.5. The van der Waals surface area contributed by atoms with Gasteiger partial charge in [-0.3, -0.25) is 4.79 Å². The molecule has 0 spiro atoms. The maximum absolute atomic E-state index is 10.4. The van der Waals surface area contributed by atoms with E-state index >= 15 is 0 Å². The minimum Gasteiger partial charge on any atom is -0.481 e. The summed E-state index contributed by atoms with van der Waals surface area (Å²) >= 11 is 6.47. The summed E-state index contributed by atoms with van der Waals surface area (Å²) in [7, 11) is 0. The highest BCUT2D eigenvalue weighted by Crippen LogP contribution is 2.29. The third-order valence-electron chi connectivity index (χ3n) is 1.82. The molecule has 0 amide bonds. The summed E-state index contributed by atoms with van der Waals surface area (Å²) in [6.07, 6.45) is 0.158. The Labute approximate surface area is 86.8 Å². The molecule has 0 aromatic heterocycles. The number of hydrogen-bond acceptors (Lipinski definition) is 4. The predicted octanol–water partition coefficient (Wildman–Crippen LogP) is 1.70. The molecule has 1 rings (SSSR count). The van der Waals surface area contributed by atoms with Gasteiger partial charge in [0.15, 0.2) is 0 Å². The van der Waals surface area contributed by atoms with Crippen LogP contribution in [-0.4, -0.2) is 33.3 Å². The lowest BCUT2D eigenvalue weighted by Gasteiger charge is -2.23. The van der Waals surface area contributed by atoms with E-state index in [1.165, 1.54) is 0 Å². The Morgan fingerprint density at radius 1 is 1.92 bits per heavy atom. The van der Waals surface area contributed by atoms with Crippen molar-refractivity contribution in [2.45, 2.75) is 18.7 Å². The minimum absolute atomic E-state index is 0.134. The van der Waals surface area contributed by atoms with Crippen molar-refractivity contribution in [1.82, 2.24) is 4.90 Å². The number of nitrogens with zero attached hydrogens (tertiary/aromatic N) is 1. The van der Waals surface area contributed by atoms with Gasteiger partial charge < -0.3 is 10.0 Å². The van der Waals surface area contributed by atoms with Crippen LogP contribution in [0, 0.1) is 0 Å². The van der Waals surface area contributed by atoms with E-state index in [0.717, 1.165) is 5.70 Å². The smallest absolute Gasteiger partial charge is 0.305 e. The minimum atomic E-state index is -0.771. The highest BCUT2D eigenvalue weighted by Gasteiger charge is 2.22. The van der Waals surface area contributed by atoms with Crippen molar-refractivity contribution in [3.05, 3.63) is 11.1 Å². The Morgan fingerprint density at radius 3 is 3.15 bits per heavy atom. The van der Waals surface area contributed by atoms with E-state index in [4.69, 9.17) is 17.3 Å². The third-order valence-corrected chi connectivity index (χ3v) is 3.40. The van der Waals surface area contributed by atoms with E-state index in [1.54, 1.807) is 17.1 Å². The Morgan fingerprint density at radius 2 is 2.62 bits per heavy atom. The number of carboxylic acids is 1. The van der Waals surface area contributed by atoms with E-state index in [-0.39, 0.29) is 11.8 Å². The highest BCUT2D eigenvalue weighted by atomic mass is 32.2. The summed E-state index contributed by atoms with van der Waals surface area (Å²) in [6.45, 7) is 2.50. The summed E-state index contributed by atoms with van der Waals surface area (Å²) in [6, 6.07) is 0. The molecule has 1 unspecified atom stereocenters. The molecule has 3 nitrogen and oxygen atoms in total. The van der Waals surface area contributed by atoms with Crippen molar-refractivity contribution in [1.29, 1.82) is 0 Å². The van der Waals surface area contributed by atoms with Crippen LogP contribution >= 0.6 is 24.0 Å². The van der Waals surface area contributed by atoms with Crippen molar-refractivity contribution in [2.75, 3.05) is 6.54 Å². The lowest BCUT2D eigenvalue weighted by atomic mass is 10.3. The van der Waals surface area contributed by atoms with Crippen molar-refractivity contribution >= 4 is 35.3 Å². The van der Waals surface area contributed by atoms with Gasteiger partial charge in [0.25, 0.3) is 0 Å². The molecule has 0 radical (unpaired) electrons. The summed E-state index contributed by atoms with van der Waals surface area (Å²) in [5.74, 6) is -0.771. The highest BCUT2D eigenvalue weighted by molar-refractivity contribution is 8.04. The van der Waals surface area contributed by atoms with Crippen LogP contribution in [0.25, 0.3) is 0 Å². The molecule has 1 heterocycles. The molecular weight excluding hydrogens is 206 g/mol. The van der Waals surface area contributed by atoms with Crippen LogP contribution in [0.3, 0.4) is 0 Å². The maximum Gasteiger partial charge on any atom is 0.305 e. The van der Waals surface area contributed by atoms with E-state index in [0.29, 0.717) is 6.54 Å². The fourth-order valence-electron chi connectivity index (χ4n) is 1.14. The molecule has 0 aromatic rings. The lowest BCUT2D eigenvalue weighted by molar-refractivity contribution is -0.137. The molecule has 1 atom stereocenters. The molecule has 0 fully saturated rings. The second-order valence-electron chi connectivity index (χ2n) is 2.76. The average Bonchev–Trinajstić information content (AvgIpc) is 2.43. The van der Waals surface area contributed by atoms with Gasteiger partial charge in [-0.25, -0.2) is 0 Å². The first-order valence-electron chi connectivity index (χ1n) is 3.91. The summed E-state index contributed by atoms with van der Waals surface area (Å²) in [4.78, 5) is 12.4. The average molecular weight is 217 g/mol. The summed E-state index contributed by atoms with van der Waals surface area (Å²) in [5.41, 5.74) is 1.09. The predicted molar refractivity (Wildman–Crippen MR) is 57.7 cm³/mol. The van der Waals surface area contributed by atoms with Crippen LogP contribution in [0.2, 0.25) is 0 Å². The van der Waals surface area contributed by atoms with Gasteiger partial charge in [-0.15, -0.1) is 11.8 Å². The molecule has 5 heteroatoms. The monoisotopic (exact) mass is 217 g/mol. The first-order valence-corrected chi connectivity index (χ1v) is 5.32. The van der Waals surface area contributed by atoms with Gasteiger partial charge in [0.2, 0.25) is 0 Å². The van der Waals surface area contributed by atoms with E-state index < -0.39 is 5.97 Å². The van der Waals surface area contributed by atoms with Crippen LogP contribution < -0.4 is 0 Å². The van der Waals surface area contributed by atoms with Crippen molar-refractivity contribution in [3.63, 3.8) is 0 Å². The molecular formula is C8H11NO2S2. The van der Waals surface area contributed by atoms with Gasteiger partial charge in [-0.2, -0.15) is 0 Å². The topological polar surface area (TPSA) is 40.5 Å². The van der Waals surface area contributed by atoms with E-state index in [2.05, 4.69) is 0 Å². The normalized spacial score (nSPS) is 21.5. The molecule has 1 aliphatic rings. The molecule has 1 aliphatic heterocycles. The van der Waals surface area contributed by atoms with E-state index in [1.807, 2.05) is 17.2 Å². The van der Waals surface area contributed by atoms with E-state index in [9.17, 15) is 4.79 Å². The van der Waals surface area contributed by atoms with Gasteiger partial charge >= 0.3 is 5.97 Å². The Kier molecular flexibility index (Phi) is 3.74. The fourth-order valence-corrected chi connectivity index (χ4v) is 2.43. The van der Waals surface area contributed by atoms with Gasteiger partial charge in [0.05, 0.1) is 6.42 Å². The number of thiocarbonyl (C=S) groups is 1. The van der Waals surface area contributed by atoms with Crippen LogP contribution in [0.15, 0.2) is 11.1 Å². The molecule has 0 saturated heterocycles. The van der Waals surface area contributed by atoms with Crippen LogP contribution in [0.4, 0.5) is 0 Å². The SMILES string of the molecule is CC1=CSC(C=S)N1CCC(=O)O. The zero-order valence-corrected chi connectivity index (χ0v) is 8.90. The largest absolute Gasteiger partial charge is 0.481 e. The van der Waals surface area contributed by atoms with Crippen molar-refractivity contribution in [3.8, 4) is 0 Å². The number of carboxylic acid groups (broad SMARTS) is 1. The first-order chi connectivity index (χ1) is 6.15. The number of aliphatic carboxylic acids is 1. The number of rotatable bonds is 4. The van der Waals surface area contributed by atoms with Crippen LogP contribution in [-0.2, 0) is 4.79 Å². The zero-order chi connectivity index (χ0) is 9.84. The second-order valence-corrected chi connectivity index (χ2v) is 4.02. The number of thioether (sulfide) groups is 1. The van der Waals surface area contributed by atoms with Crippen molar-refractivity contribution in [2.24, 2.45) is 0 Å². The van der Waals surface area contributed by atoms with Crippen molar-refractivity contribution < 1.29 is 9.90 Å². The van der Waals surface area contributed by atoms with Crippen LogP contribution in [0.1, 0.15) is 13.3 Å². The second kappa shape index (κ2) is 4.62. The molecule has 13 heavy (non-hydrogen) atoms. The number of carbonyl (C=O) groups is 1. The van der Waals surface area contributed by atoms with Crippen LogP contribution in [0.5, 0.6) is 0 Å². The Bertz CT molecular complexity index is 253. The quantitative estimate of drug-likeness (QED) is 0.726. The third kappa shape index (κ3) is 2.70. The van der Waals surface area contributed by atoms with Gasteiger partial charge in [0.1, 0.15) is 5.37 Å². The van der Waals surface area contributed by atoms with Gasteiger partial charge in [0, 0.05) is 17.6 Å². The summed E-state index contributed by atoms with van der Waals surface area (Å²) in [5, 5.41) is 12.3. The number of allylic oxidation sites excluding steroid dienone is 1. The summed E-state index contributed by atoms with van der Waals surface area (Å²) < 4.78 is 0. The molecule has 72 valence electrons. The maximum atomic E-state index is 10.4. The Balaban J connectivity index is 2.50. The fraction of sp³-hybridized carbons (Fsp3) is 0.500. The lowest BCUT2D eigenvalue weighted by Crippen LogP contribution is -2.30. The Hall–Kier alpha value is -0.550. The van der Waals surface area contributed by atoms with Gasteiger partial charge in [-0.05, 0) is 12.3 Å². The molecule has 0 aromatic carbocycles. The molecule has 0 saturated carbocycles.